The highest BCUT2D eigenvalue weighted by Gasteiger charge is 2.31. The maximum atomic E-state index is 13.0. The molecule has 1 atom stereocenters. The lowest BCUT2D eigenvalue weighted by Crippen LogP contribution is -2.31. The van der Waals surface area contributed by atoms with E-state index in [2.05, 4.69) is 34.3 Å². The Bertz CT molecular complexity index is 1140. The molecule has 2 N–H and O–H groups in total. The van der Waals surface area contributed by atoms with Gasteiger partial charge in [-0.3, -0.25) is 9.59 Å². The van der Waals surface area contributed by atoms with Crippen LogP contribution in [0.4, 0.5) is 5.82 Å². The predicted octanol–water partition coefficient (Wildman–Crippen LogP) is 4.24. The normalized spacial score (nSPS) is 15.4. The lowest BCUT2D eigenvalue weighted by Gasteiger charge is -2.24. The summed E-state index contributed by atoms with van der Waals surface area (Å²) in [7, 11) is 0. The molecule has 0 bridgehead atoms. The Kier molecular flexibility index (Phi) is 5.90. The van der Waals surface area contributed by atoms with Gasteiger partial charge in [0.2, 0.25) is 5.91 Å². The molecule has 0 saturated heterocycles. The molecule has 1 aromatic heterocycles. The van der Waals surface area contributed by atoms with Gasteiger partial charge in [-0.1, -0.05) is 48.2 Å². The van der Waals surface area contributed by atoms with Gasteiger partial charge in [0.15, 0.2) is 5.16 Å². The largest absolute Gasteiger partial charge is 0.494 e. The number of aromatic nitrogens is 2. The number of rotatable bonds is 6. The number of aryl methyl sites for hydroxylation is 1. The molecule has 3 aromatic rings. The molecule has 4 rings (SSSR count). The average Bonchev–Trinajstić information content (AvgIpc) is 2.73. The van der Waals surface area contributed by atoms with Gasteiger partial charge < -0.3 is 15.0 Å². The van der Waals surface area contributed by atoms with Gasteiger partial charge in [0, 0.05) is 18.1 Å². The number of nitrogens with one attached hydrogen (secondary N) is 2. The molecule has 1 aliphatic heterocycles. The SMILES string of the molecule is CCOc1cccc([C@@H]2CC(=O)Nc3nc(SCc4ccccc4C)[nH]c(=O)c32)c1. The minimum absolute atomic E-state index is 0.151. The number of carbonyl (C=O) groups is 1. The zero-order valence-electron chi connectivity index (χ0n) is 16.9. The molecule has 0 fully saturated rings. The lowest BCUT2D eigenvalue weighted by atomic mass is 9.87. The standard InChI is InChI=1S/C23H23N3O3S/c1-3-29-17-10-6-9-15(11-17)18-12-19(27)24-21-20(18)22(28)26-23(25-21)30-13-16-8-5-4-7-14(16)2/h4-11,18H,3,12-13H2,1-2H3,(H2,24,25,26,27,28)/t18-/m0/s1. The summed E-state index contributed by atoms with van der Waals surface area (Å²) in [6.07, 6.45) is 0.197. The molecule has 0 unspecified atom stereocenters. The Labute approximate surface area is 179 Å². The van der Waals surface area contributed by atoms with Gasteiger partial charge in [0.1, 0.15) is 11.6 Å². The van der Waals surface area contributed by atoms with Crippen molar-refractivity contribution in [2.45, 2.75) is 37.1 Å². The first-order chi connectivity index (χ1) is 14.5. The fraction of sp³-hybridized carbons (Fsp3) is 0.261. The van der Waals surface area contributed by atoms with Crippen molar-refractivity contribution < 1.29 is 9.53 Å². The first-order valence-electron chi connectivity index (χ1n) is 9.89. The average molecular weight is 422 g/mol. The molecule has 2 heterocycles. The van der Waals surface area contributed by atoms with Crippen molar-refractivity contribution in [1.82, 2.24) is 9.97 Å². The minimum atomic E-state index is -0.360. The van der Waals surface area contributed by atoms with Crippen molar-refractivity contribution >= 4 is 23.5 Å². The van der Waals surface area contributed by atoms with Crippen LogP contribution >= 0.6 is 11.8 Å². The van der Waals surface area contributed by atoms with Gasteiger partial charge in [-0.25, -0.2) is 4.98 Å². The Hall–Kier alpha value is -3.06. The van der Waals surface area contributed by atoms with Crippen LogP contribution in [0.5, 0.6) is 5.75 Å². The maximum absolute atomic E-state index is 13.0. The number of fused-ring (bicyclic) bond motifs is 1. The van der Waals surface area contributed by atoms with E-state index < -0.39 is 0 Å². The third-order valence-corrected chi connectivity index (χ3v) is 6.05. The molecular weight excluding hydrogens is 398 g/mol. The topological polar surface area (TPSA) is 84.1 Å². The molecule has 30 heavy (non-hydrogen) atoms. The van der Waals surface area contributed by atoms with Crippen molar-refractivity contribution in [1.29, 1.82) is 0 Å². The van der Waals surface area contributed by atoms with Gasteiger partial charge in [0.25, 0.3) is 5.56 Å². The molecule has 6 nitrogen and oxygen atoms in total. The van der Waals surface area contributed by atoms with Crippen LogP contribution in [0.2, 0.25) is 0 Å². The third kappa shape index (κ3) is 4.26. The first kappa shape index (κ1) is 20.2. The van der Waals surface area contributed by atoms with E-state index in [1.54, 1.807) is 0 Å². The second kappa shape index (κ2) is 8.75. The molecule has 0 saturated carbocycles. The predicted molar refractivity (Wildman–Crippen MR) is 118 cm³/mol. The molecule has 154 valence electrons. The van der Waals surface area contributed by atoms with E-state index in [0.717, 1.165) is 11.3 Å². The molecule has 1 aliphatic rings. The van der Waals surface area contributed by atoms with Crippen molar-refractivity contribution in [3.63, 3.8) is 0 Å². The number of hydrogen-bond acceptors (Lipinski definition) is 5. The fourth-order valence-corrected chi connectivity index (χ4v) is 4.55. The van der Waals surface area contributed by atoms with Crippen LogP contribution in [0, 0.1) is 6.92 Å². The molecule has 1 amide bonds. The fourth-order valence-electron chi connectivity index (χ4n) is 3.61. The minimum Gasteiger partial charge on any atom is -0.494 e. The monoisotopic (exact) mass is 421 g/mol. The van der Waals surface area contributed by atoms with Crippen LogP contribution in [-0.4, -0.2) is 22.5 Å². The van der Waals surface area contributed by atoms with Crippen molar-refractivity contribution in [3.8, 4) is 5.75 Å². The lowest BCUT2D eigenvalue weighted by molar-refractivity contribution is -0.116. The van der Waals surface area contributed by atoms with Crippen LogP contribution in [0.3, 0.4) is 0 Å². The summed E-state index contributed by atoms with van der Waals surface area (Å²) in [4.78, 5) is 32.8. The molecule has 0 aliphatic carbocycles. The number of anilines is 1. The Morgan fingerprint density at radius 2 is 2.00 bits per heavy atom. The second-order valence-electron chi connectivity index (χ2n) is 7.16. The number of carbonyl (C=O) groups excluding carboxylic acids is 1. The Morgan fingerprint density at radius 3 is 2.80 bits per heavy atom. The van der Waals surface area contributed by atoms with Gasteiger partial charge in [-0.15, -0.1) is 0 Å². The summed E-state index contributed by atoms with van der Waals surface area (Å²) in [5.41, 5.74) is 3.50. The number of H-pyrrole nitrogens is 1. The molecule has 2 aromatic carbocycles. The van der Waals surface area contributed by atoms with E-state index in [0.29, 0.717) is 28.9 Å². The van der Waals surface area contributed by atoms with Crippen LogP contribution in [0.1, 0.15) is 41.5 Å². The van der Waals surface area contributed by atoms with Crippen LogP contribution < -0.4 is 15.6 Å². The van der Waals surface area contributed by atoms with Crippen molar-refractivity contribution in [3.05, 3.63) is 81.1 Å². The van der Waals surface area contributed by atoms with E-state index in [1.807, 2.05) is 43.3 Å². The third-order valence-electron chi connectivity index (χ3n) is 5.13. The number of aromatic amines is 1. The maximum Gasteiger partial charge on any atom is 0.257 e. The van der Waals surface area contributed by atoms with Gasteiger partial charge in [0.05, 0.1) is 12.2 Å². The van der Waals surface area contributed by atoms with E-state index in [-0.39, 0.29) is 23.8 Å². The quantitative estimate of drug-likeness (QED) is 0.459. The molecule has 0 radical (unpaired) electrons. The van der Waals surface area contributed by atoms with E-state index in [4.69, 9.17) is 4.74 Å². The molecule has 7 heteroatoms. The number of nitrogens with zero attached hydrogens (tertiary/aromatic N) is 1. The summed E-state index contributed by atoms with van der Waals surface area (Å²) >= 11 is 1.44. The smallest absolute Gasteiger partial charge is 0.257 e. The number of thioether (sulfide) groups is 1. The second-order valence-corrected chi connectivity index (χ2v) is 8.12. The highest BCUT2D eigenvalue weighted by molar-refractivity contribution is 7.98. The van der Waals surface area contributed by atoms with Crippen molar-refractivity contribution in [2.75, 3.05) is 11.9 Å². The zero-order valence-corrected chi connectivity index (χ0v) is 17.7. The Balaban J connectivity index is 1.65. The van der Waals surface area contributed by atoms with E-state index >= 15 is 0 Å². The number of benzene rings is 2. The summed E-state index contributed by atoms with van der Waals surface area (Å²) in [5.74, 6) is 1.23. The van der Waals surface area contributed by atoms with E-state index in [9.17, 15) is 9.59 Å². The van der Waals surface area contributed by atoms with Crippen LogP contribution in [0.15, 0.2) is 58.5 Å². The summed E-state index contributed by atoms with van der Waals surface area (Å²) in [6, 6.07) is 15.6. The van der Waals surface area contributed by atoms with Gasteiger partial charge in [-0.2, -0.15) is 0 Å². The molecule has 0 spiro atoms. The van der Waals surface area contributed by atoms with Crippen LogP contribution in [-0.2, 0) is 10.5 Å². The summed E-state index contributed by atoms with van der Waals surface area (Å²) in [5, 5.41) is 3.27. The number of hydrogen-bond donors (Lipinski definition) is 2. The first-order valence-corrected chi connectivity index (χ1v) is 10.9. The summed E-state index contributed by atoms with van der Waals surface area (Å²) < 4.78 is 5.58. The highest BCUT2D eigenvalue weighted by atomic mass is 32.2. The van der Waals surface area contributed by atoms with Gasteiger partial charge >= 0.3 is 0 Å². The number of ether oxygens (including phenoxy) is 1. The zero-order chi connectivity index (χ0) is 21.1. The highest BCUT2D eigenvalue weighted by Crippen LogP contribution is 2.36. The van der Waals surface area contributed by atoms with Gasteiger partial charge in [-0.05, 0) is 42.7 Å². The van der Waals surface area contributed by atoms with E-state index in [1.165, 1.54) is 22.9 Å². The van der Waals surface area contributed by atoms with Crippen LogP contribution in [0.25, 0.3) is 0 Å². The number of amides is 1. The molecular formula is C23H23N3O3S. The summed E-state index contributed by atoms with van der Waals surface area (Å²) in [6.45, 7) is 4.52. The Morgan fingerprint density at radius 1 is 1.17 bits per heavy atom. The van der Waals surface area contributed by atoms with Crippen molar-refractivity contribution in [2.24, 2.45) is 0 Å².